The van der Waals surface area contributed by atoms with Gasteiger partial charge in [-0.1, -0.05) is 0 Å². The smallest absolute Gasteiger partial charge is 0.410 e. The lowest BCUT2D eigenvalue weighted by molar-refractivity contribution is -0.128. The van der Waals surface area contributed by atoms with Crippen molar-refractivity contribution in [2.24, 2.45) is 17.6 Å². The Morgan fingerprint density at radius 2 is 2.00 bits per heavy atom. The monoisotopic (exact) mass is 311 g/mol. The van der Waals surface area contributed by atoms with Crippen LogP contribution in [-0.4, -0.2) is 59.5 Å². The number of amides is 3. The summed E-state index contributed by atoms with van der Waals surface area (Å²) in [6, 6.07) is 0. The maximum Gasteiger partial charge on any atom is 0.410 e. The van der Waals surface area contributed by atoms with E-state index in [9.17, 15) is 14.4 Å². The largest absolute Gasteiger partial charge is 0.444 e. The Morgan fingerprint density at radius 1 is 1.32 bits per heavy atom. The second-order valence-corrected chi connectivity index (χ2v) is 7.18. The van der Waals surface area contributed by atoms with Crippen molar-refractivity contribution in [1.29, 1.82) is 0 Å². The lowest BCUT2D eigenvalue weighted by Gasteiger charge is -2.25. The normalized spacial score (nSPS) is 25.7. The van der Waals surface area contributed by atoms with E-state index in [1.54, 1.807) is 9.80 Å². The molecule has 0 aromatic heterocycles. The van der Waals surface area contributed by atoms with Gasteiger partial charge >= 0.3 is 6.09 Å². The van der Waals surface area contributed by atoms with E-state index in [1.807, 2.05) is 20.8 Å². The Labute approximate surface area is 130 Å². The van der Waals surface area contributed by atoms with Gasteiger partial charge in [0.25, 0.3) is 0 Å². The third-order valence-electron chi connectivity index (χ3n) is 4.03. The molecule has 124 valence electrons. The standard InChI is InChI=1S/C15H25N3O4/c1-15(2,3)22-14(21)17-5-4-10(7-17)8-18-9-11(13(16)20)6-12(18)19/h10-11H,4-9H2,1-3H3,(H2,16,20). The molecular weight excluding hydrogens is 286 g/mol. The van der Waals surface area contributed by atoms with Crippen molar-refractivity contribution in [3.63, 3.8) is 0 Å². The third-order valence-corrected chi connectivity index (χ3v) is 4.03. The van der Waals surface area contributed by atoms with E-state index < -0.39 is 11.5 Å². The second-order valence-electron chi connectivity index (χ2n) is 7.18. The van der Waals surface area contributed by atoms with E-state index in [4.69, 9.17) is 10.5 Å². The number of hydrogen-bond donors (Lipinski definition) is 1. The zero-order chi connectivity index (χ0) is 16.5. The molecule has 7 heteroatoms. The Kier molecular flexibility index (Phi) is 4.63. The van der Waals surface area contributed by atoms with Crippen LogP contribution in [-0.2, 0) is 14.3 Å². The molecule has 2 rings (SSSR count). The first-order valence-corrected chi connectivity index (χ1v) is 7.70. The van der Waals surface area contributed by atoms with Crippen LogP contribution in [0.15, 0.2) is 0 Å². The van der Waals surface area contributed by atoms with Crippen molar-refractivity contribution in [2.45, 2.75) is 39.2 Å². The molecule has 2 aliphatic rings. The number of likely N-dealkylation sites (tertiary alicyclic amines) is 2. The van der Waals surface area contributed by atoms with Gasteiger partial charge in [0.1, 0.15) is 5.60 Å². The van der Waals surface area contributed by atoms with Gasteiger partial charge in [-0.05, 0) is 33.1 Å². The highest BCUT2D eigenvalue weighted by atomic mass is 16.6. The van der Waals surface area contributed by atoms with Gasteiger partial charge in [-0.25, -0.2) is 4.79 Å². The van der Waals surface area contributed by atoms with E-state index in [2.05, 4.69) is 0 Å². The molecule has 2 atom stereocenters. The summed E-state index contributed by atoms with van der Waals surface area (Å²) >= 11 is 0. The molecule has 2 unspecified atom stereocenters. The highest BCUT2D eigenvalue weighted by Gasteiger charge is 2.36. The van der Waals surface area contributed by atoms with Gasteiger partial charge < -0.3 is 20.3 Å². The summed E-state index contributed by atoms with van der Waals surface area (Å²) in [4.78, 5) is 38.5. The van der Waals surface area contributed by atoms with Crippen molar-refractivity contribution in [3.8, 4) is 0 Å². The molecule has 7 nitrogen and oxygen atoms in total. The molecule has 0 saturated carbocycles. The average molecular weight is 311 g/mol. The number of nitrogens with two attached hydrogens (primary N) is 1. The highest BCUT2D eigenvalue weighted by Crippen LogP contribution is 2.24. The van der Waals surface area contributed by atoms with Gasteiger partial charge in [0, 0.05) is 32.6 Å². The number of primary amides is 1. The van der Waals surface area contributed by atoms with Crippen LogP contribution in [0.1, 0.15) is 33.6 Å². The Hall–Kier alpha value is -1.79. The van der Waals surface area contributed by atoms with Crippen LogP contribution < -0.4 is 5.73 Å². The molecule has 2 N–H and O–H groups in total. The highest BCUT2D eigenvalue weighted by molar-refractivity contribution is 5.88. The zero-order valence-corrected chi connectivity index (χ0v) is 13.5. The molecule has 2 saturated heterocycles. The first-order valence-electron chi connectivity index (χ1n) is 7.70. The fourth-order valence-corrected chi connectivity index (χ4v) is 2.92. The number of hydrogen-bond acceptors (Lipinski definition) is 4. The first kappa shape index (κ1) is 16.6. The van der Waals surface area contributed by atoms with Crippen molar-refractivity contribution in [1.82, 2.24) is 9.80 Å². The fraction of sp³-hybridized carbons (Fsp3) is 0.800. The number of carbonyl (C=O) groups excluding carboxylic acids is 3. The van der Waals surface area contributed by atoms with E-state index >= 15 is 0 Å². The predicted octanol–water partition coefficient (Wildman–Crippen LogP) is 0.577. The molecule has 0 bridgehead atoms. The molecule has 2 heterocycles. The van der Waals surface area contributed by atoms with E-state index in [1.165, 1.54) is 0 Å². The van der Waals surface area contributed by atoms with Crippen molar-refractivity contribution < 1.29 is 19.1 Å². The van der Waals surface area contributed by atoms with E-state index in [0.29, 0.717) is 26.2 Å². The molecule has 0 aromatic rings. The second kappa shape index (κ2) is 6.14. The molecule has 2 fully saturated rings. The van der Waals surface area contributed by atoms with Crippen LogP contribution in [0.3, 0.4) is 0 Å². The van der Waals surface area contributed by atoms with E-state index in [0.717, 1.165) is 6.42 Å². The van der Waals surface area contributed by atoms with Gasteiger partial charge in [-0.15, -0.1) is 0 Å². The summed E-state index contributed by atoms with van der Waals surface area (Å²) in [6.45, 7) is 7.71. The molecule has 2 aliphatic heterocycles. The van der Waals surface area contributed by atoms with Crippen LogP contribution in [0.5, 0.6) is 0 Å². The summed E-state index contributed by atoms with van der Waals surface area (Å²) in [5.41, 5.74) is 4.76. The van der Waals surface area contributed by atoms with Gasteiger partial charge in [0.2, 0.25) is 11.8 Å². The van der Waals surface area contributed by atoms with Crippen LogP contribution in [0, 0.1) is 11.8 Å². The number of carbonyl (C=O) groups is 3. The van der Waals surface area contributed by atoms with Crippen LogP contribution in [0.25, 0.3) is 0 Å². The molecule has 0 aliphatic carbocycles. The van der Waals surface area contributed by atoms with Gasteiger partial charge in [0.05, 0.1) is 5.92 Å². The van der Waals surface area contributed by atoms with Crippen molar-refractivity contribution in [2.75, 3.05) is 26.2 Å². The quantitative estimate of drug-likeness (QED) is 0.825. The van der Waals surface area contributed by atoms with Gasteiger partial charge in [0.15, 0.2) is 0 Å². The fourth-order valence-electron chi connectivity index (χ4n) is 2.92. The molecule has 0 radical (unpaired) electrons. The minimum Gasteiger partial charge on any atom is -0.444 e. The molecule has 22 heavy (non-hydrogen) atoms. The van der Waals surface area contributed by atoms with Gasteiger partial charge in [-0.3, -0.25) is 9.59 Å². The molecule has 0 spiro atoms. The first-order chi connectivity index (χ1) is 10.2. The predicted molar refractivity (Wildman–Crippen MR) is 79.8 cm³/mol. The lowest BCUT2D eigenvalue weighted by Crippen LogP contribution is -2.37. The minimum atomic E-state index is -0.505. The Morgan fingerprint density at radius 3 is 2.55 bits per heavy atom. The third kappa shape index (κ3) is 4.11. The van der Waals surface area contributed by atoms with Crippen LogP contribution in [0.4, 0.5) is 4.79 Å². The van der Waals surface area contributed by atoms with Crippen molar-refractivity contribution in [3.05, 3.63) is 0 Å². The Balaban J connectivity index is 1.83. The summed E-state index contributed by atoms with van der Waals surface area (Å²) in [7, 11) is 0. The van der Waals surface area contributed by atoms with Crippen LogP contribution in [0.2, 0.25) is 0 Å². The van der Waals surface area contributed by atoms with Crippen LogP contribution >= 0.6 is 0 Å². The SMILES string of the molecule is CC(C)(C)OC(=O)N1CCC(CN2CC(C(N)=O)CC2=O)C1. The summed E-state index contributed by atoms with van der Waals surface area (Å²) in [6.07, 6.45) is 0.736. The minimum absolute atomic E-state index is 0.0282. The summed E-state index contributed by atoms with van der Waals surface area (Å²) in [5.74, 6) is -0.601. The van der Waals surface area contributed by atoms with E-state index in [-0.39, 0.29) is 30.3 Å². The average Bonchev–Trinajstić information content (AvgIpc) is 2.96. The molecule has 3 amide bonds. The lowest BCUT2D eigenvalue weighted by atomic mass is 10.1. The number of nitrogens with zero attached hydrogens (tertiary/aromatic N) is 2. The van der Waals surface area contributed by atoms with Crippen molar-refractivity contribution >= 4 is 17.9 Å². The number of ether oxygens (including phenoxy) is 1. The Bertz CT molecular complexity index is 472. The maximum atomic E-state index is 12.0. The molecule has 0 aromatic carbocycles. The maximum absolute atomic E-state index is 12.0. The molecular formula is C15H25N3O4. The summed E-state index contributed by atoms with van der Waals surface area (Å²) in [5, 5.41) is 0. The number of rotatable bonds is 3. The topological polar surface area (TPSA) is 92.9 Å². The van der Waals surface area contributed by atoms with Gasteiger partial charge in [-0.2, -0.15) is 0 Å². The zero-order valence-electron chi connectivity index (χ0n) is 13.5. The summed E-state index contributed by atoms with van der Waals surface area (Å²) < 4.78 is 5.35.